The zero-order valence-electron chi connectivity index (χ0n) is 29.6. The first-order valence-corrected chi connectivity index (χ1v) is 18.7. The minimum Gasteiger partial charge on any atom is -0.469 e. The van der Waals surface area contributed by atoms with Crippen molar-refractivity contribution in [2.75, 3.05) is 20.3 Å². The Labute approximate surface area is 288 Å². The molecule has 2 heterocycles. The second-order valence-electron chi connectivity index (χ2n) is 13.8. The Morgan fingerprint density at radius 1 is 0.958 bits per heavy atom. The zero-order valence-corrected chi connectivity index (χ0v) is 29.6. The molecule has 8 heteroatoms. The SMILES string of the molecule is CCCC[C@H](C)C[C@@H](C=C[C@@H]1[C@@H](CC=CCCCC(=O)OC)[C@@H](OC2CCCCO2)C[C@H]1OC(=O)c1ccccc1)OC1CCCCO1. The van der Waals surface area contributed by atoms with Crippen molar-refractivity contribution in [2.45, 2.75) is 141 Å². The number of esters is 2. The molecule has 2 aliphatic heterocycles. The first-order chi connectivity index (χ1) is 23.5. The Morgan fingerprint density at radius 3 is 2.40 bits per heavy atom. The van der Waals surface area contributed by atoms with Gasteiger partial charge in [-0.15, -0.1) is 0 Å². The number of carbonyl (C=O) groups excluding carboxylic acids is 2. The van der Waals surface area contributed by atoms with Crippen molar-refractivity contribution in [2.24, 2.45) is 17.8 Å². The second kappa shape index (κ2) is 21.5. The average Bonchev–Trinajstić information content (AvgIpc) is 3.43. The molecular formula is C40H60O8. The fraction of sp³-hybridized carbons (Fsp3) is 0.700. The first-order valence-electron chi connectivity index (χ1n) is 18.7. The molecular weight excluding hydrogens is 608 g/mol. The first kappa shape index (κ1) is 38.3. The summed E-state index contributed by atoms with van der Waals surface area (Å²) in [6.07, 6.45) is 21.6. The van der Waals surface area contributed by atoms with Crippen LogP contribution < -0.4 is 0 Å². The van der Waals surface area contributed by atoms with Gasteiger partial charge in [-0.3, -0.25) is 4.79 Å². The van der Waals surface area contributed by atoms with Crippen molar-refractivity contribution in [3.63, 3.8) is 0 Å². The molecule has 0 spiro atoms. The van der Waals surface area contributed by atoms with Crippen LogP contribution in [0.15, 0.2) is 54.6 Å². The van der Waals surface area contributed by atoms with Crippen molar-refractivity contribution in [1.82, 2.24) is 0 Å². The van der Waals surface area contributed by atoms with Gasteiger partial charge >= 0.3 is 11.9 Å². The van der Waals surface area contributed by atoms with Crippen LogP contribution in [-0.2, 0) is 33.2 Å². The van der Waals surface area contributed by atoms with E-state index in [1.807, 2.05) is 18.2 Å². The molecule has 0 aromatic heterocycles. The van der Waals surface area contributed by atoms with Crippen LogP contribution in [0.5, 0.6) is 0 Å². The van der Waals surface area contributed by atoms with Crippen molar-refractivity contribution in [1.29, 1.82) is 0 Å². The van der Waals surface area contributed by atoms with Crippen molar-refractivity contribution < 1.29 is 38.0 Å². The lowest BCUT2D eigenvalue weighted by Crippen LogP contribution is -2.31. The van der Waals surface area contributed by atoms with E-state index in [0.717, 1.165) is 77.2 Å². The maximum atomic E-state index is 13.4. The highest BCUT2D eigenvalue weighted by Gasteiger charge is 2.45. The summed E-state index contributed by atoms with van der Waals surface area (Å²) in [5, 5.41) is 0. The van der Waals surface area contributed by atoms with Gasteiger partial charge in [0.25, 0.3) is 0 Å². The van der Waals surface area contributed by atoms with Gasteiger partial charge in [0.2, 0.25) is 0 Å². The zero-order chi connectivity index (χ0) is 34.0. The third-order valence-electron chi connectivity index (χ3n) is 9.85. The number of carbonyl (C=O) groups is 2. The summed E-state index contributed by atoms with van der Waals surface area (Å²) in [5.74, 6) is 0.00779. The predicted octanol–water partition coefficient (Wildman–Crippen LogP) is 8.73. The standard InChI is InChI=1S/C40H60O8/c1-4-5-17-30(2)28-32(46-38-22-13-15-26-44-38)24-25-34-33(20-11-6-7-12-21-37(41)43-3)35(47-39-23-14-16-27-45-39)29-36(34)48-40(42)31-18-9-8-10-19-31/h6,8-11,18-19,24-25,30,32-36,38-39H,4-5,7,12-17,20-23,26-29H2,1-3H3/t30-,32+,33+,34+,35-,36+,38?,39?/m0/s1. The topological polar surface area (TPSA) is 89.5 Å². The van der Waals surface area contributed by atoms with E-state index in [9.17, 15) is 9.59 Å². The Hall–Kier alpha value is -2.52. The molecule has 8 nitrogen and oxygen atoms in total. The van der Waals surface area contributed by atoms with Crippen molar-refractivity contribution in [3.05, 3.63) is 60.2 Å². The monoisotopic (exact) mass is 668 g/mol. The van der Waals surface area contributed by atoms with Crippen LogP contribution in [0.2, 0.25) is 0 Å². The van der Waals surface area contributed by atoms with Crippen molar-refractivity contribution >= 4 is 11.9 Å². The van der Waals surface area contributed by atoms with Crippen LogP contribution in [0.3, 0.4) is 0 Å². The van der Waals surface area contributed by atoms with Crippen LogP contribution in [0.1, 0.15) is 121 Å². The van der Waals surface area contributed by atoms with E-state index >= 15 is 0 Å². The third-order valence-corrected chi connectivity index (χ3v) is 9.85. The summed E-state index contributed by atoms with van der Waals surface area (Å²) in [5.41, 5.74) is 0.544. The number of unbranched alkanes of at least 4 members (excludes halogenated alkanes) is 2. The quantitative estimate of drug-likeness (QED) is 0.0822. The predicted molar refractivity (Wildman–Crippen MR) is 186 cm³/mol. The molecule has 0 radical (unpaired) electrons. The molecule has 1 aliphatic carbocycles. The maximum Gasteiger partial charge on any atom is 0.338 e. The molecule has 48 heavy (non-hydrogen) atoms. The molecule has 0 amide bonds. The Kier molecular flexibility index (Phi) is 17.2. The summed E-state index contributed by atoms with van der Waals surface area (Å²) in [6, 6.07) is 9.21. The Morgan fingerprint density at radius 2 is 1.71 bits per heavy atom. The molecule has 0 bridgehead atoms. The molecule has 2 unspecified atom stereocenters. The van der Waals surface area contributed by atoms with Crippen LogP contribution in [0.25, 0.3) is 0 Å². The van der Waals surface area contributed by atoms with E-state index in [4.69, 9.17) is 28.4 Å². The van der Waals surface area contributed by atoms with Crippen LogP contribution >= 0.6 is 0 Å². The van der Waals surface area contributed by atoms with E-state index in [2.05, 4.69) is 38.2 Å². The third kappa shape index (κ3) is 13.1. The van der Waals surface area contributed by atoms with Gasteiger partial charge in [0, 0.05) is 32.0 Å². The Bertz CT molecular complexity index is 1110. The van der Waals surface area contributed by atoms with Gasteiger partial charge in [0.15, 0.2) is 12.6 Å². The van der Waals surface area contributed by atoms with Gasteiger partial charge in [0.1, 0.15) is 6.10 Å². The molecule has 1 aromatic carbocycles. The molecule has 3 aliphatic rings. The van der Waals surface area contributed by atoms with Crippen LogP contribution in [0.4, 0.5) is 0 Å². The van der Waals surface area contributed by atoms with E-state index in [1.165, 1.54) is 20.0 Å². The summed E-state index contributed by atoms with van der Waals surface area (Å²) in [7, 11) is 1.42. The van der Waals surface area contributed by atoms with E-state index in [-0.39, 0.29) is 54.7 Å². The largest absolute Gasteiger partial charge is 0.469 e. The minimum atomic E-state index is -0.357. The fourth-order valence-electron chi connectivity index (χ4n) is 7.09. The average molecular weight is 669 g/mol. The summed E-state index contributed by atoms with van der Waals surface area (Å²) >= 11 is 0. The van der Waals surface area contributed by atoms with Crippen LogP contribution in [0, 0.1) is 17.8 Å². The smallest absolute Gasteiger partial charge is 0.338 e. The maximum absolute atomic E-state index is 13.4. The molecule has 0 N–H and O–H groups in total. The molecule has 1 aromatic rings. The summed E-state index contributed by atoms with van der Waals surface area (Å²) < 4.78 is 36.4. The number of benzene rings is 1. The van der Waals surface area contributed by atoms with E-state index < -0.39 is 0 Å². The van der Waals surface area contributed by atoms with Crippen molar-refractivity contribution in [3.8, 4) is 0 Å². The van der Waals surface area contributed by atoms with Gasteiger partial charge in [-0.05, 0) is 88.2 Å². The molecule has 4 rings (SSSR count). The summed E-state index contributed by atoms with van der Waals surface area (Å²) in [4.78, 5) is 25.0. The van der Waals surface area contributed by atoms with Gasteiger partial charge in [-0.25, -0.2) is 4.79 Å². The molecule has 3 fully saturated rings. The molecule has 2 saturated heterocycles. The lowest BCUT2D eigenvalue weighted by molar-refractivity contribution is -0.195. The normalized spacial score (nSPS) is 27.6. The van der Waals surface area contributed by atoms with Gasteiger partial charge < -0.3 is 28.4 Å². The minimum absolute atomic E-state index is 0.0707. The molecule has 268 valence electrons. The van der Waals surface area contributed by atoms with E-state index in [0.29, 0.717) is 30.9 Å². The number of methoxy groups -OCH3 is 1. The number of hydrogen-bond donors (Lipinski definition) is 0. The second-order valence-corrected chi connectivity index (χ2v) is 13.8. The fourth-order valence-corrected chi connectivity index (χ4v) is 7.09. The number of hydrogen-bond acceptors (Lipinski definition) is 8. The highest BCUT2D eigenvalue weighted by Crippen LogP contribution is 2.42. The Balaban J connectivity index is 1.57. The number of rotatable bonds is 19. The molecule has 8 atom stereocenters. The highest BCUT2D eigenvalue weighted by atomic mass is 16.7. The van der Waals surface area contributed by atoms with Gasteiger partial charge in [0.05, 0.1) is 24.9 Å². The number of allylic oxidation sites excluding steroid dienone is 2. The van der Waals surface area contributed by atoms with Gasteiger partial charge in [-0.2, -0.15) is 0 Å². The van der Waals surface area contributed by atoms with E-state index in [1.54, 1.807) is 12.1 Å². The van der Waals surface area contributed by atoms with Crippen LogP contribution in [-0.4, -0.2) is 63.2 Å². The summed E-state index contributed by atoms with van der Waals surface area (Å²) in [6.45, 7) is 5.99. The highest BCUT2D eigenvalue weighted by molar-refractivity contribution is 5.89. The lowest BCUT2D eigenvalue weighted by atomic mass is 9.88. The lowest BCUT2D eigenvalue weighted by Gasteiger charge is -2.30. The molecule has 1 saturated carbocycles. The number of ether oxygens (including phenoxy) is 6. The van der Waals surface area contributed by atoms with Gasteiger partial charge in [-0.1, -0.05) is 75.6 Å².